The fraction of sp³-hybridized carbons (Fsp3) is 0.389. The number of hydrogen-bond donors (Lipinski definition) is 2. The molecule has 0 atom stereocenters. The molecule has 0 spiro atoms. The van der Waals surface area contributed by atoms with Crippen molar-refractivity contribution in [3.63, 3.8) is 0 Å². The molecule has 0 bridgehead atoms. The van der Waals surface area contributed by atoms with Gasteiger partial charge in [0.1, 0.15) is 17.3 Å². The predicted molar refractivity (Wildman–Crippen MR) is 97.6 cm³/mol. The van der Waals surface area contributed by atoms with E-state index in [9.17, 15) is 4.79 Å². The number of anilines is 2. The lowest BCUT2D eigenvalue weighted by atomic mass is 10.2. The Morgan fingerprint density at radius 3 is 2.48 bits per heavy atom. The maximum atomic E-state index is 12.5. The van der Waals surface area contributed by atoms with E-state index in [0.29, 0.717) is 40.4 Å². The molecule has 2 aromatic rings. The van der Waals surface area contributed by atoms with Crippen LogP contribution >= 0.6 is 0 Å². The number of ether oxygens (including phenoxy) is 2. The summed E-state index contributed by atoms with van der Waals surface area (Å²) >= 11 is 0. The van der Waals surface area contributed by atoms with Gasteiger partial charge in [0.25, 0.3) is 5.91 Å². The number of amides is 1. The fourth-order valence-electron chi connectivity index (χ4n) is 2.19. The summed E-state index contributed by atoms with van der Waals surface area (Å²) in [5.74, 6) is 2.46. The minimum atomic E-state index is -0.315. The number of benzene rings is 1. The number of nitrogens with zero attached hydrogens (tertiary/aromatic N) is 2. The van der Waals surface area contributed by atoms with Crippen molar-refractivity contribution in [2.24, 2.45) is 5.92 Å². The minimum Gasteiger partial charge on any atom is -0.493 e. The molecule has 134 valence electrons. The molecule has 0 radical (unpaired) electrons. The number of carbonyl (C=O) groups excluding carboxylic acids is 1. The molecule has 2 N–H and O–H groups in total. The number of aromatic nitrogens is 2. The number of methoxy groups -OCH3 is 2. The van der Waals surface area contributed by atoms with Gasteiger partial charge in [-0.05, 0) is 25.0 Å². The van der Waals surface area contributed by atoms with Crippen LogP contribution in [0.5, 0.6) is 11.5 Å². The van der Waals surface area contributed by atoms with Crippen molar-refractivity contribution in [1.29, 1.82) is 0 Å². The molecule has 1 heterocycles. The van der Waals surface area contributed by atoms with Crippen molar-refractivity contribution in [3.8, 4) is 11.5 Å². The first-order valence-corrected chi connectivity index (χ1v) is 8.06. The summed E-state index contributed by atoms with van der Waals surface area (Å²) in [6, 6.07) is 6.81. The van der Waals surface area contributed by atoms with E-state index in [1.54, 1.807) is 45.4 Å². The van der Waals surface area contributed by atoms with Crippen LogP contribution in [-0.4, -0.2) is 36.6 Å². The van der Waals surface area contributed by atoms with E-state index in [4.69, 9.17) is 9.47 Å². The molecule has 7 nitrogen and oxygen atoms in total. The topological polar surface area (TPSA) is 85.4 Å². The number of aryl methyl sites for hydroxylation is 1. The third-order valence-corrected chi connectivity index (χ3v) is 3.40. The standard InChI is InChI=1S/C18H24N4O3/c1-11(2)10-19-17-9-14(20-12(3)21-17)18(23)22-13-6-7-15(24-4)16(8-13)25-5/h6-9,11H,10H2,1-5H3,(H,22,23)(H,19,20,21). The van der Waals surface area contributed by atoms with Gasteiger partial charge in [-0.3, -0.25) is 4.79 Å². The zero-order valence-corrected chi connectivity index (χ0v) is 15.2. The van der Waals surface area contributed by atoms with Crippen molar-refractivity contribution < 1.29 is 14.3 Å². The van der Waals surface area contributed by atoms with Gasteiger partial charge in [-0.1, -0.05) is 13.8 Å². The van der Waals surface area contributed by atoms with Crippen LogP contribution in [0.2, 0.25) is 0 Å². The Kier molecular flexibility index (Phi) is 6.16. The van der Waals surface area contributed by atoms with Gasteiger partial charge in [-0.15, -0.1) is 0 Å². The van der Waals surface area contributed by atoms with Crippen molar-refractivity contribution in [2.45, 2.75) is 20.8 Å². The maximum absolute atomic E-state index is 12.5. The molecule has 0 aliphatic rings. The zero-order valence-electron chi connectivity index (χ0n) is 15.2. The highest BCUT2D eigenvalue weighted by molar-refractivity contribution is 6.03. The molecule has 1 aromatic carbocycles. The molecule has 0 saturated carbocycles. The molecule has 0 aliphatic carbocycles. The van der Waals surface area contributed by atoms with Gasteiger partial charge in [0.15, 0.2) is 11.5 Å². The average molecular weight is 344 g/mol. The summed E-state index contributed by atoms with van der Waals surface area (Å²) in [6.07, 6.45) is 0. The maximum Gasteiger partial charge on any atom is 0.274 e. The summed E-state index contributed by atoms with van der Waals surface area (Å²) in [4.78, 5) is 21.0. The van der Waals surface area contributed by atoms with E-state index in [-0.39, 0.29) is 5.91 Å². The van der Waals surface area contributed by atoms with E-state index < -0.39 is 0 Å². The van der Waals surface area contributed by atoms with E-state index in [0.717, 1.165) is 6.54 Å². The van der Waals surface area contributed by atoms with Crippen LogP contribution in [0.25, 0.3) is 0 Å². The van der Waals surface area contributed by atoms with Crippen molar-refractivity contribution in [2.75, 3.05) is 31.4 Å². The molecule has 0 saturated heterocycles. The molecule has 0 aliphatic heterocycles. The van der Waals surface area contributed by atoms with E-state index in [1.807, 2.05) is 0 Å². The molecule has 2 rings (SSSR count). The van der Waals surface area contributed by atoms with E-state index in [1.165, 1.54) is 0 Å². The summed E-state index contributed by atoms with van der Waals surface area (Å²) in [7, 11) is 3.11. The van der Waals surface area contributed by atoms with E-state index in [2.05, 4.69) is 34.4 Å². The van der Waals surface area contributed by atoms with E-state index >= 15 is 0 Å². The van der Waals surface area contributed by atoms with Crippen molar-refractivity contribution >= 4 is 17.4 Å². The summed E-state index contributed by atoms with van der Waals surface area (Å²) < 4.78 is 10.4. The monoisotopic (exact) mass is 344 g/mol. The van der Waals surface area contributed by atoms with Crippen LogP contribution in [0.1, 0.15) is 30.2 Å². The molecule has 7 heteroatoms. The quantitative estimate of drug-likeness (QED) is 0.803. The van der Waals surface area contributed by atoms with Gasteiger partial charge in [-0.25, -0.2) is 9.97 Å². The first kappa shape index (κ1) is 18.5. The molecular weight excluding hydrogens is 320 g/mol. The van der Waals surface area contributed by atoms with Crippen LogP contribution in [-0.2, 0) is 0 Å². The lowest BCUT2D eigenvalue weighted by Crippen LogP contribution is -2.17. The first-order chi connectivity index (χ1) is 11.9. The van der Waals surface area contributed by atoms with Crippen molar-refractivity contribution in [1.82, 2.24) is 9.97 Å². The Labute approximate surface area is 147 Å². The van der Waals surface area contributed by atoms with Crippen LogP contribution in [0.15, 0.2) is 24.3 Å². The smallest absolute Gasteiger partial charge is 0.274 e. The third-order valence-electron chi connectivity index (χ3n) is 3.40. The van der Waals surface area contributed by atoms with Gasteiger partial charge in [0.2, 0.25) is 0 Å². The van der Waals surface area contributed by atoms with Gasteiger partial charge < -0.3 is 20.1 Å². The third kappa shape index (κ3) is 5.07. The summed E-state index contributed by atoms with van der Waals surface area (Å²) in [5.41, 5.74) is 0.893. The molecule has 1 aromatic heterocycles. The summed E-state index contributed by atoms with van der Waals surface area (Å²) in [6.45, 7) is 6.73. The van der Waals surface area contributed by atoms with Crippen LogP contribution < -0.4 is 20.1 Å². The molecule has 0 unspecified atom stereocenters. The van der Waals surface area contributed by atoms with Gasteiger partial charge in [0, 0.05) is 24.4 Å². The highest BCUT2D eigenvalue weighted by atomic mass is 16.5. The minimum absolute atomic E-state index is 0.300. The Balaban J connectivity index is 2.17. The molecular formula is C18H24N4O3. The van der Waals surface area contributed by atoms with Crippen LogP contribution in [0, 0.1) is 12.8 Å². The number of nitrogens with one attached hydrogen (secondary N) is 2. The lowest BCUT2D eigenvalue weighted by Gasteiger charge is -2.12. The number of hydrogen-bond acceptors (Lipinski definition) is 6. The zero-order chi connectivity index (χ0) is 18.4. The summed E-state index contributed by atoms with van der Waals surface area (Å²) in [5, 5.41) is 6.02. The lowest BCUT2D eigenvalue weighted by molar-refractivity contribution is 0.102. The fourth-order valence-corrected chi connectivity index (χ4v) is 2.19. The number of carbonyl (C=O) groups is 1. The predicted octanol–water partition coefficient (Wildman–Crippen LogP) is 3.12. The molecule has 1 amide bonds. The first-order valence-electron chi connectivity index (χ1n) is 8.06. The van der Waals surface area contributed by atoms with Crippen molar-refractivity contribution in [3.05, 3.63) is 35.8 Å². The van der Waals surface area contributed by atoms with Gasteiger partial charge >= 0.3 is 0 Å². The number of rotatable bonds is 7. The largest absolute Gasteiger partial charge is 0.493 e. The SMILES string of the molecule is COc1ccc(NC(=O)c2cc(NCC(C)C)nc(C)n2)cc1OC. The Morgan fingerprint density at radius 1 is 1.12 bits per heavy atom. The van der Waals surface area contributed by atoms with Crippen LogP contribution in [0.4, 0.5) is 11.5 Å². The Bertz CT molecular complexity index is 747. The molecule has 25 heavy (non-hydrogen) atoms. The van der Waals surface area contributed by atoms with Crippen LogP contribution in [0.3, 0.4) is 0 Å². The highest BCUT2D eigenvalue weighted by Gasteiger charge is 2.13. The molecule has 0 fully saturated rings. The Hall–Kier alpha value is -2.83. The Morgan fingerprint density at radius 2 is 1.84 bits per heavy atom. The van der Waals surface area contributed by atoms with Gasteiger partial charge in [-0.2, -0.15) is 0 Å². The highest BCUT2D eigenvalue weighted by Crippen LogP contribution is 2.29. The second kappa shape index (κ2) is 8.32. The second-order valence-corrected chi connectivity index (χ2v) is 5.98. The normalized spacial score (nSPS) is 10.5. The second-order valence-electron chi connectivity index (χ2n) is 5.98. The average Bonchev–Trinajstić information content (AvgIpc) is 2.59. The van der Waals surface area contributed by atoms with Gasteiger partial charge in [0.05, 0.1) is 14.2 Å².